The lowest BCUT2D eigenvalue weighted by molar-refractivity contribution is -0.143. The summed E-state index contributed by atoms with van der Waals surface area (Å²) in [6.45, 7) is 1.89. The molecule has 1 aliphatic heterocycles. The van der Waals surface area contributed by atoms with Gasteiger partial charge in [0.25, 0.3) is 0 Å². The summed E-state index contributed by atoms with van der Waals surface area (Å²) in [5, 5.41) is 8.87. The Labute approximate surface area is 106 Å². The predicted octanol–water partition coefficient (Wildman–Crippen LogP) is -0.324. The highest BCUT2D eigenvalue weighted by Crippen LogP contribution is 2.19. The SMILES string of the molecule is CCOC(=O)CS(=O)(=O)N1CCCC(C(=O)O)C1. The van der Waals surface area contributed by atoms with E-state index in [1.54, 1.807) is 6.92 Å². The molecule has 8 heteroatoms. The van der Waals surface area contributed by atoms with E-state index in [4.69, 9.17) is 5.11 Å². The van der Waals surface area contributed by atoms with E-state index in [0.29, 0.717) is 12.8 Å². The van der Waals surface area contributed by atoms with Gasteiger partial charge in [-0.3, -0.25) is 9.59 Å². The maximum atomic E-state index is 11.9. The second kappa shape index (κ2) is 6.14. The van der Waals surface area contributed by atoms with Crippen LogP contribution < -0.4 is 0 Å². The molecule has 104 valence electrons. The van der Waals surface area contributed by atoms with Gasteiger partial charge in [0.05, 0.1) is 12.5 Å². The van der Waals surface area contributed by atoms with Crippen molar-refractivity contribution in [2.45, 2.75) is 19.8 Å². The summed E-state index contributed by atoms with van der Waals surface area (Å²) in [7, 11) is -3.78. The third kappa shape index (κ3) is 3.95. The van der Waals surface area contributed by atoms with Gasteiger partial charge in [-0.05, 0) is 19.8 Å². The Balaban J connectivity index is 2.67. The van der Waals surface area contributed by atoms with Gasteiger partial charge in [-0.2, -0.15) is 0 Å². The first-order chi connectivity index (χ1) is 8.36. The number of esters is 1. The van der Waals surface area contributed by atoms with Gasteiger partial charge in [0.1, 0.15) is 0 Å². The van der Waals surface area contributed by atoms with Gasteiger partial charge in [0.15, 0.2) is 5.75 Å². The fraction of sp³-hybridized carbons (Fsp3) is 0.800. The molecule has 1 unspecified atom stereocenters. The van der Waals surface area contributed by atoms with Gasteiger partial charge in [-0.25, -0.2) is 12.7 Å². The van der Waals surface area contributed by atoms with Crippen LogP contribution >= 0.6 is 0 Å². The molecule has 0 spiro atoms. The Kier molecular flexibility index (Phi) is 5.09. The van der Waals surface area contributed by atoms with E-state index in [9.17, 15) is 18.0 Å². The first kappa shape index (κ1) is 14.9. The quantitative estimate of drug-likeness (QED) is 0.692. The van der Waals surface area contributed by atoms with Gasteiger partial charge in [-0.15, -0.1) is 0 Å². The van der Waals surface area contributed by atoms with Crippen LogP contribution in [0.15, 0.2) is 0 Å². The first-order valence-corrected chi connectivity index (χ1v) is 7.34. The highest BCUT2D eigenvalue weighted by molar-refractivity contribution is 7.89. The standard InChI is InChI=1S/C10H17NO6S/c1-2-17-9(12)7-18(15,16)11-5-3-4-8(6-11)10(13)14/h8H,2-7H2,1H3,(H,13,14). The minimum atomic E-state index is -3.78. The summed E-state index contributed by atoms with van der Waals surface area (Å²) in [4.78, 5) is 22.0. The molecule has 0 saturated carbocycles. The van der Waals surface area contributed by atoms with E-state index in [-0.39, 0.29) is 19.7 Å². The lowest BCUT2D eigenvalue weighted by Gasteiger charge is -2.29. The third-order valence-electron chi connectivity index (χ3n) is 2.73. The highest BCUT2D eigenvalue weighted by atomic mass is 32.2. The molecule has 1 saturated heterocycles. The molecule has 1 atom stereocenters. The molecule has 18 heavy (non-hydrogen) atoms. The predicted molar refractivity (Wildman–Crippen MR) is 62.4 cm³/mol. The summed E-state index contributed by atoms with van der Waals surface area (Å²) in [5.41, 5.74) is 0. The topological polar surface area (TPSA) is 101 Å². The van der Waals surface area contributed by atoms with Crippen molar-refractivity contribution in [3.05, 3.63) is 0 Å². The monoisotopic (exact) mass is 279 g/mol. The lowest BCUT2D eigenvalue weighted by atomic mass is 10.0. The molecule has 0 bridgehead atoms. The van der Waals surface area contributed by atoms with Crippen molar-refractivity contribution in [2.24, 2.45) is 5.92 Å². The van der Waals surface area contributed by atoms with Gasteiger partial charge >= 0.3 is 11.9 Å². The van der Waals surface area contributed by atoms with Crippen LogP contribution in [0.1, 0.15) is 19.8 Å². The number of rotatable bonds is 5. The Morgan fingerprint density at radius 1 is 1.44 bits per heavy atom. The largest absolute Gasteiger partial charge is 0.481 e. The summed E-state index contributed by atoms with van der Waals surface area (Å²) < 4.78 is 29.4. The second-order valence-electron chi connectivity index (χ2n) is 4.10. The number of carboxylic acid groups (broad SMARTS) is 1. The van der Waals surface area contributed by atoms with E-state index >= 15 is 0 Å². The molecule has 0 aromatic carbocycles. The Bertz CT molecular complexity index is 418. The van der Waals surface area contributed by atoms with Crippen LogP contribution in [-0.4, -0.2) is 55.2 Å². The van der Waals surface area contributed by atoms with E-state index in [2.05, 4.69) is 4.74 Å². The molecule has 7 nitrogen and oxygen atoms in total. The Hall–Kier alpha value is -1.15. The van der Waals surface area contributed by atoms with E-state index in [1.165, 1.54) is 0 Å². The van der Waals surface area contributed by atoms with Crippen LogP contribution in [0.25, 0.3) is 0 Å². The van der Waals surface area contributed by atoms with Crippen LogP contribution in [0, 0.1) is 5.92 Å². The van der Waals surface area contributed by atoms with Gasteiger partial charge in [0, 0.05) is 13.1 Å². The molecule has 1 fully saturated rings. The van der Waals surface area contributed by atoms with Crippen molar-refractivity contribution in [2.75, 3.05) is 25.4 Å². The summed E-state index contributed by atoms with van der Waals surface area (Å²) >= 11 is 0. The molecule has 1 aliphatic rings. The smallest absolute Gasteiger partial charge is 0.322 e. The van der Waals surface area contributed by atoms with E-state index < -0.39 is 33.6 Å². The molecule has 1 rings (SSSR count). The number of aliphatic carboxylic acids is 1. The van der Waals surface area contributed by atoms with Crippen molar-refractivity contribution in [3.63, 3.8) is 0 Å². The number of ether oxygens (including phenoxy) is 1. The molecule has 1 N–H and O–H groups in total. The van der Waals surface area contributed by atoms with Crippen LogP contribution in [0.5, 0.6) is 0 Å². The molecular weight excluding hydrogens is 262 g/mol. The number of carbonyl (C=O) groups is 2. The average Bonchev–Trinajstić information content (AvgIpc) is 2.28. The number of sulfonamides is 1. The fourth-order valence-corrected chi connectivity index (χ4v) is 3.22. The van der Waals surface area contributed by atoms with E-state index in [0.717, 1.165) is 4.31 Å². The number of carbonyl (C=O) groups excluding carboxylic acids is 1. The minimum Gasteiger partial charge on any atom is -0.481 e. The number of nitrogens with zero attached hydrogens (tertiary/aromatic N) is 1. The summed E-state index contributed by atoms with van der Waals surface area (Å²) in [6, 6.07) is 0. The molecule has 0 aliphatic carbocycles. The lowest BCUT2D eigenvalue weighted by Crippen LogP contribution is -2.44. The van der Waals surface area contributed by atoms with Crippen molar-refractivity contribution >= 4 is 22.0 Å². The molecule has 1 heterocycles. The summed E-state index contributed by atoms with van der Waals surface area (Å²) in [5.74, 6) is -3.25. The third-order valence-corrected chi connectivity index (χ3v) is 4.45. The normalized spacial score (nSPS) is 21.5. The first-order valence-electron chi connectivity index (χ1n) is 5.73. The number of hydrogen-bond acceptors (Lipinski definition) is 5. The van der Waals surface area contributed by atoms with Crippen molar-refractivity contribution < 1.29 is 27.9 Å². The highest BCUT2D eigenvalue weighted by Gasteiger charge is 2.33. The maximum Gasteiger partial charge on any atom is 0.322 e. The maximum absolute atomic E-state index is 11.9. The fourth-order valence-electron chi connectivity index (χ4n) is 1.84. The molecule has 0 radical (unpaired) electrons. The molecular formula is C10H17NO6S. The summed E-state index contributed by atoms with van der Waals surface area (Å²) in [6.07, 6.45) is 0.944. The second-order valence-corrected chi connectivity index (χ2v) is 6.07. The average molecular weight is 279 g/mol. The van der Waals surface area contributed by atoms with Crippen LogP contribution in [-0.2, 0) is 24.3 Å². The van der Waals surface area contributed by atoms with Crippen molar-refractivity contribution in [1.29, 1.82) is 0 Å². The number of carboxylic acids is 1. The molecule has 0 aromatic heterocycles. The Morgan fingerprint density at radius 2 is 2.11 bits per heavy atom. The number of piperidine rings is 1. The van der Waals surface area contributed by atoms with Crippen LogP contribution in [0.2, 0.25) is 0 Å². The van der Waals surface area contributed by atoms with Crippen LogP contribution in [0.3, 0.4) is 0 Å². The zero-order chi connectivity index (χ0) is 13.8. The molecule has 0 amide bonds. The Morgan fingerprint density at radius 3 is 2.67 bits per heavy atom. The zero-order valence-corrected chi connectivity index (χ0v) is 11.0. The zero-order valence-electron chi connectivity index (χ0n) is 10.2. The van der Waals surface area contributed by atoms with Gasteiger partial charge in [-0.1, -0.05) is 0 Å². The number of hydrogen-bond donors (Lipinski definition) is 1. The van der Waals surface area contributed by atoms with E-state index in [1.807, 2.05) is 0 Å². The van der Waals surface area contributed by atoms with Crippen molar-refractivity contribution in [3.8, 4) is 0 Å². The molecule has 0 aromatic rings. The van der Waals surface area contributed by atoms with Gasteiger partial charge < -0.3 is 9.84 Å². The van der Waals surface area contributed by atoms with Crippen LogP contribution in [0.4, 0.5) is 0 Å². The minimum absolute atomic E-state index is 0.0723. The van der Waals surface area contributed by atoms with Crippen molar-refractivity contribution in [1.82, 2.24) is 4.31 Å². The van der Waals surface area contributed by atoms with Gasteiger partial charge in [0.2, 0.25) is 10.0 Å².